The van der Waals surface area contributed by atoms with Crippen molar-refractivity contribution in [3.05, 3.63) is 17.7 Å². The van der Waals surface area contributed by atoms with Gasteiger partial charge < -0.3 is 14.8 Å². The molecule has 132 valence electrons. The van der Waals surface area contributed by atoms with E-state index in [2.05, 4.69) is 14.9 Å². The number of carbonyl (C=O) groups excluding carboxylic acids is 2. The number of nitrogens with zero attached hydrogens (tertiary/aromatic N) is 3. The van der Waals surface area contributed by atoms with Crippen LogP contribution in [0, 0.1) is 0 Å². The van der Waals surface area contributed by atoms with Gasteiger partial charge in [0.1, 0.15) is 5.82 Å². The molecule has 0 bridgehead atoms. The van der Waals surface area contributed by atoms with Crippen LogP contribution in [0.25, 0.3) is 0 Å². The molecule has 0 saturated heterocycles. The van der Waals surface area contributed by atoms with Crippen LogP contribution in [0.3, 0.4) is 0 Å². The fraction of sp³-hybridized carbons (Fsp3) is 0.722. The van der Waals surface area contributed by atoms with Gasteiger partial charge >= 0.3 is 0 Å². The third-order valence-corrected chi connectivity index (χ3v) is 5.13. The lowest BCUT2D eigenvalue weighted by atomic mass is 10.2. The molecule has 0 aromatic carbocycles. The molecule has 3 rings (SSSR count). The molecule has 6 heteroatoms. The first-order valence-electron chi connectivity index (χ1n) is 9.23. The number of carbonyl (C=O) groups is 2. The smallest absolute Gasteiger partial charge is 0.226 e. The minimum Gasteiger partial charge on any atom is -0.353 e. The van der Waals surface area contributed by atoms with Crippen molar-refractivity contribution >= 4 is 11.8 Å². The maximum absolute atomic E-state index is 12.2. The lowest BCUT2D eigenvalue weighted by Gasteiger charge is -2.33. The van der Waals surface area contributed by atoms with Gasteiger partial charge in [0.05, 0.1) is 18.2 Å². The maximum atomic E-state index is 12.2. The van der Waals surface area contributed by atoms with Crippen molar-refractivity contribution in [3.8, 4) is 0 Å². The van der Waals surface area contributed by atoms with E-state index in [0.29, 0.717) is 18.9 Å². The first kappa shape index (κ1) is 17.0. The zero-order valence-electron chi connectivity index (χ0n) is 14.8. The fourth-order valence-corrected chi connectivity index (χ4v) is 3.84. The summed E-state index contributed by atoms with van der Waals surface area (Å²) in [7, 11) is 0. The summed E-state index contributed by atoms with van der Waals surface area (Å²) in [5.74, 6) is 1.15. The van der Waals surface area contributed by atoms with E-state index in [-0.39, 0.29) is 17.9 Å². The van der Waals surface area contributed by atoms with Gasteiger partial charge in [0.25, 0.3) is 0 Å². The van der Waals surface area contributed by atoms with Gasteiger partial charge in [-0.1, -0.05) is 19.8 Å². The van der Waals surface area contributed by atoms with Crippen molar-refractivity contribution in [2.45, 2.75) is 77.4 Å². The molecule has 2 aliphatic rings. The van der Waals surface area contributed by atoms with Gasteiger partial charge in [-0.05, 0) is 26.2 Å². The Morgan fingerprint density at radius 2 is 2.04 bits per heavy atom. The highest BCUT2D eigenvalue weighted by atomic mass is 16.2. The summed E-state index contributed by atoms with van der Waals surface area (Å²) in [6.07, 6.45) is 8.36. The molecular weight excluding hydrogens is 304 g/mol. The highest BCUT2D eigenvalue weighted by Gasteiger charge is 2.29. The topological polar surface area (TPSA) is 67.2 Å². The number of hydrogen-bond acceptors (Lipinski definition) is 3. The van der Waals surface area contributed by atoms with E-state index in [9.17, 15) is 9.59 Å². The van der Waals surface area contributed by atoms with E-state index in [0.717, 1.165) is 43.9 Å². The second kappa shape index (κ2) is 7.36. The summed E-state index contributed by atoms with van der Waals surface area (Å²) >= 11 is 0. The number of hydrogen-bond donors (Lipinski definition) is 1. The van der Waals surface area contributed by atoms with Gasteiger partial charge in [-0.15, -0.1) is 0 Å². The second-order valence-corrected chi connectivity index (χ2v) is 7.02. The van der Waals surface area contributed by atoms with Crippen molar-refractivity contribution in [1.82, 2.24) is 19.8 Å². The number of aromatic nitrogens is 2. The van der Waals surface area contributed by atoms with E-state index in [1.807, 2.05) is 24.9 Å². The quantitative estimate of drug-likeness (QED) is 0.899. The van der Waals surface area contributed by atoms with Gasteiger partial charge in [0.15, 0.2) is 0 Å². The molecule has 0 radical (unpaired) electrons. The minimum atomic E-state index is -0.0237. The molecular formula is C18H28N4O2. The molecule has 24 heavy (non-hydrogen) atoms. The lowest BCUT2D eigenvalue weighted by Crippen LogP contribution is -2.40. The summed E-state index contributed by atoms with van der Waals surface area (Å²) < 4.78 is 2.10. The Hall–Kier alpha value is -1.85. The number of rotatable bonds is 5. The summed E-state index contributed by atoms with van der Waals surface area (Å²) in [5, 5.41) is 3.11. The first-order valence-corrected chi connectivity index (χ1v) is 9.23. The summed E-state index contributed by atoms with van der Waals surface area (Å²) in [4.78, 5) is 31.0. The zero-order valence-corrected chi connectivity index (χ0v) is 14.8. The van der Waals surface area contributed by atoms with Crippen molar-refractivity contribution in [2.75, 3.05) is 6.54 Å². The molecule has 1 aromatic rings. The molecule has 1 aromatic heterocycles. The average molecular weight is 332 g/mol. The number of nitrogens with one attached hydrogen (secondary N) is 1. The van der Waals surface area contributed by atoms with Crippen LogP contribution in [0.4, 0.5) is 0 Å². The predicted molar refractivity (Wildman–Crippen MR) is 91.4 cm³/mol. The van der Waals surface area contributed by atoms with Crippen molar-refractivity contribution in [2.24, 2.45) is 0 Å². The van der Waals surface area contributed by atoms with Crippen LogP contribution in [-0.2, 0) is 22.6 Å². The second-order valence-electron chi connectivity index (χ2n) is 7.02. The number of imidazole rings is 1. The third-order valence-electron chi connectivity index (χ3n) is 5.13. The SMILES string of the molecule is CCCC(=O)N1CCn2cc(CC(=O)NC3CCCC3)nc2[C@H]1C. The molecule has 2 amide bonds. The van der Waals surface area contributed by atoms with E-state index in [4.69, 9.17) is 0 Å². The fourth-order valence-electron chi connectivity index (χ4n) is 3.84. The molecule has 1 atom stereocenters. The summed E-state index contributed by atoms with van der Waals surface area (Å²) in [5.41, 5.74) is 0.803. The lowest BCUT2D eigenvalue weighted by molar-refractivity contribution is -0.134. The Bertz CT molecular complexity index is 604. The molecule has 1 aliphatic carbocycles. The Morgan fingerprint density at radius 3 is 2.75 bits per heavy atom. The van der Waals surface area contributed by atoms with E-state index in [1.54, 1.807) is 0 Å². The molecule has 1 fully saturated rings. The van der Waals surface area contributed by atoms with Gasteiger partial charge in [-0.3, -0.25) is 9.59 Å². The van der Waals surface area contributed by atoms with Crippen LogP contribution >= 0.6 is 0 Å². The predicted octanol–water partition coefficient (Wildman–Crippen LogP) is 2.19. The van der Waals surface area contributed by atoms with Crippen LogP contribution in [0.5, 0.6) is 0 Å². The van der Waals surface area contributed by atoms with E-state index in [1.165, 1.54) is 12.8 Å². The van der Waals surface area contributed by atoms with E-state index >= 15 is 0 Å². The first-order chi connectivity index (χ1) is 11.6. The molecule has 0 unspecified atom stereocenters. The Morgan fingerprint density at radius 1 is 1.29 bits per heavy atom. The molecule has 1 N–H and O–H groups in total. The monoisotopic (exact) mass is 332 g/mol. The highest BCUT2D eigenvalue weighted by Crippen LogP contribution is 2.25. The Kier molecular flexibility index (Phi) is 5.21. The Labute approximate surface area is 143 Å². The largest absolute Gasteiger partial charge is 0.353 e. The van der Waals surface area contributed by atoms with Crippen molar-refractivity contribution in [3.63, 3.8) is 0 Å². The molecule has 1 aliphatic heterocycles. The van der Waals surface area contributed by atoms with Gasteiger partial charge in [0.2, 0.25) is 11.8 Å². The normalized spacial score (nSPS) is 20.9. The van der Waals surface area contributed by atoms with Crippen molar-refractivity contribution < 1.29 is 9.59 Å². The molecule has 2 heterocycles. The molecule has 1 saturated carbocycles. The maximum Gasteiger partial charge on any atom is 0.226 e. The Balaban J connectivity index is 1.63. The van der Waals surface area contributed by atoms with Gasteiger partial charge in [-0.2, -0.15) is 0 Å². The summed E-state index contributed by atoms with van der Waals surface area (Å²) in [6, 6.07) is 0.320. The standard InChI is InChI=1S/C18H28N4O2/c1-3-6-17(24)22-10-9-21-12-15(20-18(21)13(22)2)11-16(23)19-14-7-4-5-8-14/h12-14H,3-11H2,1-2H3,(H,19,23)/t13-/m1/s1. The van der Waals surface area contributed by atoms with Gasteiger partial charge in [-0.25, -0.2) is 4.98 Å². The molecule has 0 spiro atoms. The number of amides is 2. The summed E-state index contributed by atoms with van der Waals surface area (Å²) in [6.45, 7) is 5.52. The van der Waals surface area contributed by atoms with Gasteiger partial charge in [0, 0.05) is 31.7 Å². The van der Waals surface area contributed by atoms with Crippen LogP contribution < -0.4 is 5.32 Å². The highest BCUT2D eigenvalue weighted by molar-refractivity contribution is 5.78. The number of fused-ring (bicyclic) bond motifs is 1. The molecule has 6 nitrogen and oxygen atoms in total. The van der Waals surface area contributed by atoms with Crippen molar-refractivity contribution in [1.29, 1.82) is 0 Å². The third kappa shape index (κ3) is 3.62. The zero-order chi connectivity index (χ0) is 17.1. The van der Waals surface area contributed by atoms with Crippen LogP contribution in [0.2, 0.25) is 0 Å². The van der Waals surface area contributed by atoms with Crippen LogP contribution in [-0.4, -0.2) is 38.9 Å². The van der Waals surface area contributed by atoms with E-state index < -0.39 is 0 Å². The van der Waals surface area contributed by atoms with Crippen LogP contribution in [0.1, 0.15) is 69.9 Å². The average Bonchev–Trinajstić information content (AvgIpc) is 3.17. The van der Waals surface area contributed by atoms with Crippen LogP contribution in [0.15, 0.2) is 6.20 Å². The minimum absolute atomic E-state index is 0.0237.